The molecule has 4 aromatic rings. The van der Waals surface area contributed by atoms with Crippen molar-refractivity contribution in [3.63, 3.8) is 0 Å². The number of aryl methyl sites for hydroxylation is 2. The second-order valence-electron chi connectivity index (χ2n) is 8.02. The van der Waals surface area contributed by atoms with E-state index in [0.717, 1.165) is 22.2 Å². The van der Waals surface area contributed by atoms with E-state index in [1.165, 1.54) is 26.4 Å². The zero-order chi connectivity index (χ0) is 25.1. The highest BCUT2D eigenvalue weighted by Crippen LogP contribution is 2.32. The number of fused-ring (bicyclic) bond motifs is 1. The van der Waals surface area contributed by atoms with Gasteiger partial charge in [0.1, 0.15) is 5.82 Å². The lowest BCUT2D eigenvalue weighted by Gasteiger charge is -2.13. The van der Waals surface area contributed by atoms with Crippen LogP contribution in [-0.4, -0.2) is 40.9 Å². The lowest BCUT2D eigenvalue weighted by Crippen LogP contribution is -2.13. The monoisotopic (exact) mass is 476 g/mol. The minimum atomic E-state index is -0.440. The maximum atomic E-state index is 13.8. The number of benzene rings is 2. The van der Waals surface area contributed by atoms with Crippen molar-refractivity contribution in [3.8, 4) is 11.6 Å². The largest absolute Gasteiger partial charge is 0.481 e. The van der Waals surface area contributed by atoms with Crippen molar-refractivity contribution in [3.05, 3.63) is 76.7 Å². The molecular weight excluding hydrogens is 451 g/mol. The van der Waals surface area contributed by atoms with E-state index in [0.29, 0.717) is 34.9 Å². The van der Waals surface area contributed by atoms with Gasteiger partial charge in [0.15, 0.2) is 5.65 Å². The van der Waals surface area contributed by atoms with Gasteiger partial charge < -0.3 is 14.8 Å². The van der Waals surface area contributed by atoms with Gasteiger partial charge >= 0.3 is 5.97 Å². The number of hydrogen-bond donors (Lipinski definition) is 1. The fraction of sp³-hybridized carbons (Fsp3) is 0.231. The Labute approximate surface area is 201 Å². The first-order chi connectivity index (χ1) is 16.8. The number of methoxy groups -OCH3 is 2. The van der Waals surface area contributed by atoms with Gasteiger partial charge in [-0.3, -0.25) is 4.79 Å². The molecule has 8 nitrogen and oxygen atoms in total. The minimum Gasteiger partial charge on any atom is -0.481 e. The Bertz CT molecular complexity index is 1410. The highest BCUT2D eigenvalue weighted by molar-refractivity contribution is 5.93. The lowest BCUT2D eigenvalue weighted by atomic mass is 10.0. The number of nitrogens with one attached hydrogen (secondary N) is 1. The fourth-order valence-electron chi connectivity index (χ4n) is 4.05. The maximum absolute atomic E-state index is 13.8. The van der Waals surface area contributed by atoms with Gasteiger partial charge in [-0.2, -0.15) is 10.1 Å². The van der Waals surface area contributed by atoms with Crippen molar-refractivity contribution >= 4 is 28.6 Å². The summed E-state index contributed by atoms with van der Waals surface area (Å²) < 4.78 is 25.6. The predicted octanol–water partition coefficient (Wildman–Crippen LogP) is 4.54. The van der Waals surface area contributed by atoms with Crippen LogP contribution in [0.2, 0.25) is 0 Å². The molecular formula is C26H25FN4O4. The van der Waals surface area contributed by atoms with Crippen molar-refractivity contribution in [1.29, 1.82) is 0 Å². The van der Waals surface area contributed by atoms with Crippen LogP contribution in [0.1, 0.15) is 33.6 Å². The summed E-state index contributed by atoms with van der Waals surface area (Å²) >= 11 is 0. The van der Waals surface area contributed by atoms with Crippen molar-refractivity contribution in [2.75, 3.05) is 19.5 Å². The molecule has 4 rings (SSSR count). The van der Waals surface area contributed by atoms with Crippen LogP contribution in [0.25, 0.3) is 16.7 Å². The van der Waals surface area contributed by atoms with Crippen LogP contribution in [0, 0.1) is 19.7 Å². The van der Waals surface area contributed by atoms with E-state index >= 15 is 0 Å². The summed E-state index contributed by atoms with van der Waals surface area (Å²) in [7, 11) is 2.84. The topological polar surface area (TPSA) is 95.3 Å². The molecule has 0 fully saturated rings. The molecule has 2 aromatic heterocycles. The van der Waals surface area contributed by atoms with E-state index in [9.17, 15) is 14.0 Å². The normalized spacial score (nSPS) is 10.9. The fourth-order valence-corrected chi connectivity index (χ4v) is 4.05. The smallest absolute Gasteiger partial charge is 0.337 e. The zero-order valence-corrected chi connectivity index (χ0v) is 19.9. The average Bonchev–Trinajstić information content (AvgIpc) is 3.19. The summed E-state index contributed by atoms with van der Waals surface area (Å²) in [6, 6.07) is 12.6. The number of nitrogens with zero attached hydrogens (tertiary/aromatic N) is 3. The minimum absolute atomic E-state index is 0.190. The van der Waals surface area contributed by atoms with E-state index in [-0.39, 0.29) is 18.1 Å². The number of anilines is 1. The highest BCUT2D eigenvalue weighted by atomic mass is 19.1. The van der Waals surface area contributed by atoms with Gasteiger partial charge in [-0.15, -0.1) is 0 Å². The molecule has 0 aliphatic carbocycles. The molecule has 1 N–H and O–H groups in total. The third kappa shape index (κ3) is 4.84. The molecule has 1 amide bonds. The summed E-state index contributed by atoms with van der Waals surface area (Å²) in [5.41, 5.74) is 4.55. The number of amides is 1. The van der Waals surface area contributed by atoms with Gasteiger partial charge in [-0.25, -0.2) is 13.9 Å². The van der Waals surface area contributed by atoms with Crippen molar-refractivity contribution < 1.29 is 23.5 Å². The predicted molar refractivity (Wildman–Crippen MR) is 130 cm³/mol. The summed E-state index contributed by atoms with van der Waals surface area (Å²) in [5, 5.41) is 8.24. The number of esters is 1. The molecule has 0 aliphatic rings. The van der Waals surface area contributed by atoms with E-state index in [4.69, 9.17) is 4.74 Å². The molecule has 0 unspecified atom stereocenters. The number of pyridine rings is 1. The standard InChI is InChI=1S/C26H25FN4O4/c1-15-21(12-13-22(32)28-19-10-8-17(9-11-19)26(33)35-4)25(34-3)29-24-23(15)16(2)30-31(24)20-7-5-6-18(27)14-20/h5-11,14H,12-13H2,1-4H3,(H,28,32). The van der Waals surface area contributed by atoms with Crippen LogP contribution < -0.4 is 10.1 Å². The maximum Gasteiger partial charge on any atom is 0.337 e. The number of rotatable bonds is 7. The van der Waals surface area contributed by atoms with Crippen LogP contribution in [0.5, 0.6) is 5.88 Å². The van der Waals surface area contributed by atoms with E-state index < -0.39 is 5.97 Å². The SMILES string of the molecule is COC(=O)c1ccc(NC(=O)CCc2c(OC)nc3c(c(C)nn3-c3cccc(F)c3)c2C)cc1. The van der Waals surface area contributed by atoms with Gasteiger partial charge in [-0.05, 0) is 68.3 Å². The van der Waals surface area contributed by atoms with Crippen LogP contribution >= 0.6 is 0 Å². The average molecular weight is 477 g/mol. The molecule has 35 heavy (non-hydrogen) atoms. The van der Waals surface area contributed by atoms with Gasteiger partial charge in [0.05, 0.1) is 31.2 Å². The number of carbonyl (C=O) groups is 2. The van der Waals surface area contributed by atoms with Gasteiger partial charge in [0, 0.05) is 23.1 Å². The van der Waals surface area contributed by atoms with E-state index in [1.807, 2.05) is 13.8 Å². The summed E-state index contributed by atoms with van der Waals surface area (Å²) in [6.45, 7) is 3.81. The molecule has 0 bridgehead atoms. The van der Waals surface area contributed by atoms with Crippen LogP contribution in [0.3, 0.4) is 0 Å². The highest BCUT2D eigenvalue weighted by Gasteiger charge is 2.20. The van der Waals surface area contributed by atoms with Crippen molar-refractivity contribution in [1.82, 2.24) is 14.8 Å². The number of aromatic nitrogens is 3. The second kappa shape index (κ2) is 9.92. The summed E-state index contributed by atoms with van der Waals surface area (Å²) in [6.07, 6.45) is 0.592. The molecule has 180 valence electrons. The Morgan fingerprint density at radius 2 is 1.83 bits per heavy atom. The van der Waals surface area contributed by atoms with E-state index in [2.05, 4.69) is 20.1 Å². The zero-order valence-electron chi connectivity index (χ0n) is 19.9. The number of hydrogen-bond acceptors (Lipinski definition) is 6. The molecule has 0 saturated carbocycles. The third-order valence-corrected chi connectivity index (χ3v) is 5.77. The number of carbonyl (C=O) groups excluding carboxylic acids is 2. The molecule has 2 heterocycles. The summed E-state index contributed by atoms with van der Waals surface area (Å²) in [4.78, 5) is 28.8. The lowest BCUT2D eigenvalue weighted by molar-refractivity contribution is -0.116. The number of ether oxygens (including phenoxy) is 2. The van der Waals surface area contributed by atoms with Gasteiger partial charge in [0.2, 0.25) is 11.8 Å². The Morgan fingerprint density at radius 1 is 1.09 bits per heavy atom. The van der Waals surface area contributed by atoms with Crippen LogP contribution in [0.15, 0.2) is 48.5 Å². The Balaban J connectivity index is 1.57. The molecule has 0 spiro atoms. The third-order valence-electron chi connectivity index (χ3n) is 5.77. The van der Waals surface area contributed by atoms with Crippen LogP contribution in [0.4, 0.5) is 10.1 Å². The first kappa shape index (κ1) is 23.9. The first-order valence-electron chi connectivity index (χ1n) is 11.0. The molecule has 9 heteroatoms. The molecule has 2 aromatic carbocycles. The second-order valence-corrected chi connectivity index (χ2v) is 8.02. The van der Waals surface area contributed by atoms with Gasteiger partial charge in [0.25, 0.3) is 0 Å². The van der Waals surface area contributed by atoms with Crippen molar-refractivity contribution in [2.24, 2.45) is 0 Å². The molecule has 0 saturated heterocycles. The Hall–Kier alpha value is -4.27. The van der Waals surface area contributed by atoms with E-state index in [1.54, 1.807) is 41.1 Å². The first-order valence-corrected chi connectivity index (χ1v) is 11.0. The quantitative estimate of drug-likeness (QED) is 0.394. The Morgan fingerprint density at radius 3 is 2.49 bits per heavy atom. The molecule has 0 aliphatic heterocycles. The number of halogens is 1. The Kier molecular flexibility index (Phi) is 6.77. The van der Waals surface area contributed by atoms with Crippen LogP contribution in [-0.2, 0) is 16.0 Å². The summed E-state index contributed by atoms with van der Waals surface area (Å²) in [5.74, 6) is -0.605. The molecule has 0 atom stereocenters. The van der Waals surface area contributed by atoms with Crippen molar-refractivity contribution in [2.45, 2.75) is 26.7 Å². The molecule has 0 radical (unpaired) electrons. The van der Waals surface area contributed by atoms with Gasteiger partial charge in [-0.1, -0.05) is 6.07 Å².